The molecule has 96 valence electrons. The van der Waals surface area contributed by atoms with Gasteiger partial charge in [0.05, 0.1) is 13.3 Å². The first-order chi connectivity index (χ1) is 8.85. The van der Waals surface area contributed by atoms with Crippen LogP contribution in [0.1, 0.15) is 6.42 Å². The Morgan fingerprint density at radius 3 is 2.78 bits per heavy atom. The lowest BCUT2D eigenvalue weighted by atomic mass is 10.1. The molecule has 0 aliphatic heterocycles. The maximum atomic E-state index is 5.46. The first-order valence-corrected chi connectivity index (χ1v) is 5.88. The van der Waals surface area contributed by atoms with Crippen LogP contribution in [0, 0.1) is 0 Å². The normalized spacial score (nSPS) is 10.3. The molecule has 5 heteroatoms. The number of ether oxygens (including phenoxy) is 1. The zero-order valence-electron chi connectivity index (χ0n) is 10.3. The molecule has 0 amide bonds. The minimum absolute atomic E-state index is 0.663. The molecule has 0 saturated heterocycles. The van der Waals surface area contributed by atoms with Crippen molar-refractivity contribution in [2.75, 3.05) is 25.5 Å². The number of nitrogens with zero attached hydrogens (tertiary/aromatic N) is 1. The first-order valence-electron chi connectivity index (χ1n) is 5.88. The van der Waals surface area contributed by atoms with Gasteiger partial charge in [-0.15, -0.1) is 0 Å². The number of methoxy groups -OCH3 is 1. The number of aromatic nitrogens is 1. The van der Waals surface area contributed by atoms with Crippen LogP contribution in [0.15, 0.2) is 35.0 Å². The number of hydrogen-bond acceptors (Lipinski definition) is 5. The molecular weight excluding hydrogens is 230 g/mol. The zero-order chi connectivity index (χ0) is 12.8. The lowest BCUT2D eigenvalue weighted by Gasteiger charge is -2.05. The summed E-state index contributed by atoms with van der Waals surface area (Å²) < 4.78 is 10.4. The van der Waals surface area contributed by atoms with Gasteiger partial charge >= 0.3 is 0 Å². The van der Waals surface area contributed by atoms with Crippen LogP contribution in [0.2, 0.25) is 0 Å². The van der Waals surface area contributed by atoms with Crippen LogP contribution in [0.25, 0.3) is 11.3 Å². The van der Waals surface area contributed by atoms with Crippen LogP contribution >= 0.6 is 0 Å². The van der Waals surface area contributed by atoms with Crippen LogP contribution in [0.3, 0.4) is 0 Å². The van der Waals surface area contributed by atoms with Crippen molar-refractivity contribution in [1.82, 2.24) is 5.16 Å². The maximum absolute atomic E-state index is 5.46. The summed E-state index contributed by atoms with van der Waals surface area (Å²) in [5.74, 6) is 1.55. The van der Waals surface area contributed by atoms with Gasteiger partial charge in [0, 0.05) is 12.1 Å². The van der Waals surface area contributed by atoms with Crippen molar-refractivity contribution in [2.24, 2.45) is 5.73 Å². The van der Waals surface area contributed by atoms with Crippen molar-refractivity contribution in [3.8, 4) is 17.1 Å². The fourth-order valence-electron chi connectivity index (χ4n) is 1.64. The molecule has 0 atom stereocenters. The van der Waals surface area contributed by atoms with Gasteiger partial charge in [-0.25, -0.2) is 0 Å². The highest BCUT2D eigenvalue weighted by Gasteiger charge is 2.10. The average Bonchev–Trinajstić information content (AvgIpc) is 2.88. The van der Waals surface area contributed by atoms with E-state index < -0.39 is 0 Å². The van der Waals surface area contributed by atoms with E-state index in [9.17, 15) is 0 Å². The molecule has 1 aromatic carbocycles. The van der Waals surface area contributed by atoms with Crippen molar-refractivity contribution < 1.29 is 9.26 Å². The highest BCUT2D eigenvalue weighted by molar-refractivity contribution is 5.72. The van der Waals surface area contributed by atoms with Gasteiger partial charge in [-0.2, -0.15) is 0 Å². The Labute approximate surface area is 106 Å². The van der Waals surface area contributed by atoms with Gasteiger partial charge in [-0.3, -0.25) is 0 Å². The lowest BCUT2D eigenvalue weighted by molar-refractivity contribution is 0.414. The molecule has 0 unspecified atom stereocenters. The third-order valence-corrected chi connectivity index (χ3v) is 2.62. The predicted molar refractivity (Wildman–Crippen MR) is 70.7 cm³/mol. The highest BCUT2D eigenvalue weighted by atomic mass is 16.5. The van der Waals surface area contributed by atoms with E-state index in [-0.39, 0.29) is 0 Å². The number of benzene rings is 1. The number of rotatable bonds is 6. The second kappa shape index (κ2) is 6.07. The Balaban J connectivity index is 2.14. The van der Waals surface area contributed by atoms with E-state index in [2.05, 4.69) is 10.5 Å². The van der Waals surface area contributed by atoms with E-state index in [1.54, 1.807) is 13.3 Å². The summed E-state index contributed by atoms with van der Waals surface area (Å²) in [6.45, 7) is 1.47. The van der Waals surface area contributed by atoms with Crippen LogP contribution < -0.4 is 15.8 Å². The van der Waals surface area contributed by atoms with Gasteiger partial charge in [-0.05, 0) is 37.2 Å². The molecule has 0 fully saturated rings. The molecule has 0 spiro atoms. The molecule has 1 heterocycles. The summed E-state index contributed by atoms with van der Waals surface area (Å²) >= 11 is 0. The minimum atomic E-state index is 0.663. The number of anilines is 1. The molecule has 3 N–H and O–H groups in total. The summed E-state index contributed by atoms with van der Waals surface area (Å²) in [6, 6.07) is 7.66. The Morgan fingerprint density at radius 2 is 2.11 bits per heavy atom. The van der Waals surface area contributed by atoms with Crippen molar-refractivity contribution in [3.63, 3.8) is 0 Å². The van der Waals surface area contributed by atoms with Gasteiger partial charge in [0.25, 0.3) is 0 Å². The fourth-order valence-corrected chi connectivity index (χ4v) is 1.64. The predicted octanol–water partition coefficient (Wildman–Crippen LogP) is 2.11. The van der Waals surface area contributed by atoms with Gasteiger partial charge < -0.3 is 20.3 Å². The Kier molecular flexibility index (Phi) is 4.20. The molecule has 0 saturated carbocycles. The first kappa shape index (κ1) is 12.4. The minimum Gasteiger partial charge on any atom is -0.497 e. The lowest BCUT2D eigenvalue weighted by Crippen LogP contribution is -2.08. The molecular formula is C13H17N3O2. The van der Waals surface area contributed by atoms with Crippen molar-refractivity contribution in [1.29, 1.82) is 0 Å². The van der Waals surface area contributed by atoms with Gasteiger partial charge in [0.1, 0.15) is 11.4 Å². The third-order valence-electron chi connectivity index (χ3n) is 2.62. The van der Waals surface area contributed by atoms with E-state index in [1.807, 2.05) is 24.3 Å². The summed E-state index contributed by atoms with van der Waals surface area (Å²) in [7, 11) is 1.64. The molecule has 2 rings (SSSR count). The van der Waals surface area contributed by atoms with E-state index in [4.69, 9.17) is 15.0 Å². The molecule has 0 radical (unpaired) electrons. The Bertz CT molecular complexity index is 479. The quantitative estimate of drug-likeness (QED) is 0.765. The SMILES string of the molecule is COc1ccc(-c2oncc2NCCCN)cc1. The number of nitrogens with two attached hydrogens (primary N) is 1. The van der Waals surface area contributed by atoms with Gasteiger partial charge in [0.15, 0.2) is 5.76 Å². The van der Waals surface area contributed by atoms with Crippen LogP contribution in [0.4, 0.5) is 5.69 Å². The van der Waals surface area contributed by atoms with Gasteiger partial charge in [-0.1, -0.05) is 5.16 Å². The second-order valence-corrected chi connectivity index (χ2v) is 3.87. The summed E-state index contributed by atoms with van der Waals surface area (Å²) in [5, 5.41) is 7.07. The molecule has 5 nitrogen and oxygen atoms in total. The molecule has 0 aliphatic carbocycles. The zero-order valence-corrected chi connectivity index (χ0v) is 10.3. The van der Waals surface area contributed by atoms with Crippen LogP contribution in [-0.4, -0.2) is 25.4 Å². The van der Waals surface area contributed by atoms with Crippen molar-refractivity contribution in [3.05, 3.63) is 30.5 Å². The van der Waals surface area contributed by atoms with Crippen LogP contribution in [0.5, 0.6) is 5.75 Å². The fraction of sp³-hybridized carbons (Fsp3) is 0.308. The monoisotopic (exact) mass is 247 g/mol. The Morgan fingerprint density at radius 1 is 1.33 bits per heavy atom. The largest absolute Gasteiger partial charge is 0.497 e. The summed E-state index contributed by atoms with van der Waals surface area (Å²) in [5.41, 5.74) is 7.30. The number of nitrogens with one attached hydrogen (secondary N) is 1. The molecule has 1 aromatic heterocycles. The van der Waals surface area contributed by atoms with E-state index >= 15 is 0 Å². The highest BCUT2D eigenvalue weighted by Crippen LogP contribution is 2.28. The summed E-state index contributed by atoms with van der Waals surface area (Å²) in [6.07, 6.45) is 2.59. The Hall–Kier alpha value is -2.01. The van der Waals surface area contributed by atoms with Crippen molar-refractivity contribution in [2.45, 2.75) is 6.42 Å². The summed E-state index contributed by atoms with van der Waals surface area (Å²) in [4.78, 5) is 0. The molecule has 0 aliphatic rings. The molecule has 0 bridgehead atoms. The topological polar surface area (TPSA) is 73.3 Å². The smallest absolute Gasteiger partial charge is 0.189 e. The van der Waals surface area contributed by atoms with E-state index in [0.29, 0.717) is 6.54 Å². The third kappa shape index (κ3) is 2.81. The van der Waals surface area contributed by atoms with Crippen molar-refractivity contribution >= 4 is 5.69 Å². The molecule has 2 aromatic rings. The molecule has 18 heavy (non-hydrogen) atoms. The van der Waals surface area contributed by atoms with Gasteiger partial charge in [0.2, 0.25) is 0 Å². The number of hydrogen-bond donors (Lipinski definition) is 2. The average molecular weight is 247 g/mol. The van der Waals surface area contributed by atoms with Crippen LogP contribution in [-0.2, 0) is 0 Å². The van der Waals surface area contributed by atoms with E-state index in [0.717, 1.165) is 35.7 Å². The second-order valence-electron chi connectivity index (χ2n) is 3.87. The maximum Gasteiger partial charge on any atom is 0.189 e. The standard InChI is InChI=1S/C13H17N3O2/c1-17-11-5-3-10(4-6-11)13-12(9-16-18-13)15-8-2-7-14/h3-6,9,15H,2,7-8,14H2,1H3. The van der Waals surface area contributed by atoms with E-state index in [1.165, 1.54) is 0 Å².